The molecule has 0 radical (unpaired) electrons. The minimum Gasteiger partial charge on any atom is -0.276 e. The Morgan fingerprint density at radius 3 is 2.62 bits per heavy atom. The topological polar surface area (TPSA) is 81.8 Å². The molecular weight excluding hydrogens is 397 g/mol. The number of nitrogens with zero attached hydrogens (tertiary/aromatic N) is 4. The first-order valence-electron chi connectivity index (χ1n) is 7.81. The van der Waals surface area contributed by atoms with Crippen molar-refractivity contribution in [2.75, 3.05) is 4.72 Å². The van der Waals surface area contributed by atoms with Gasteiger partial charge in [-0.1, -0.05) is 29.3 Å². The van der Waals surface area contributed by atoms with Crippen LogP contribution >= 0.6 is 23.2 Å². The van der Waals surface area contributed by atoms with Gasteiger partial charge in [-0.25, -0.2) is 8.42 Å². The van der Waals surface area contributed by atoms with E-state index in [4.69, 9.17) is 23.2 Å². The Bertz CT molecular complexity index is 1040. The SMILES string of the molecule is CCn1cc(S(=O)(=O)Nc2cnn(Cc3ccc(Cl)cc3Cl)c2)c(C)n1. The highest BCUT2D eigenvalue weighted by Gasteiger charge is 2.21. The Morgan fingerprint density at radius 1 is 1.19 bits per heavy atom. The second-order valence-corrected chi connectivity index (χ2v) is 8.20. The maximum absolute atomic E-state index is 12.6. The van der Waals surface area contributed by atoms with Crippen LogP contribution in [-0.2, 0) is 23.1 Å². The second kappa shape index (κ2) is 7.30. The molecular formula is C16H17Cl2N5O2S. The van der Waals surface area contributed by atoms with E-state index in [0.717, 1.165) is 5.56 Å². The highest BCUT2D eigenvalue weighted by atomic mass is 35.5. The van der Waals surface area contributed by atoms with Gasteiger partial charge in [0.2, 0.25) is 0 Å². The fourth-order valence-corrected chi connectivity index (χ4v) is 4.15. The number of aryl methyl sites for hydroxylation is 2. The van der Waals surface area contributed by atoms with Crippen molar-refractivity contribution in [3.63, 3.8) is 0 Å². The van der Waals surface area contributed by atoms with Crippen LogP contribution in [0.15, 0.2) is 41.7 Å². The van der Waals surface area contributed by atoms with Crippen LogP contribution in [0.4, 0.5) is 5.69 Å². The lowest BCUT2D eigenvalue weighted by Crippen LogP contribution is -2.13. The van der Waals surface area contributed by atoms with Gasteiger partial charge < -0.3 is 0 Å². The number of anilines is 1. The maximum atomic E-state index is 12.6. The van der Waals surface area contributed by atoms with E-state index in [-0.39, 0.29) is 4.90 Å². The third kappa shape index (κ3) is 4.03. The second-order valence-electron chi connectivity index (χ2n) is 5.70. The third-order valence-corrected chi connectivity index (χ3v) is 5.82. The van der Waals surface area contributed by atoms with Crippen LogP contribution in [0.2, 0.25) is 10.0 Å². The lowest BCUT2D eigenvalue weighted by Gasteiger charge is -2.05. The zero-order valence-electron chi connectivity index (χ0n) is 14.1. The highest BCUT2D eigenvalue weighted by molar-refractivity contribution is 7.92. The molecule has 0 aliphatic carbocycles. The number of hydrogen-bond donors (Lipinski definition) is 1. The smallest absolute Gasteiger partial charge is 0.265 e. The maximum Gasteiger partial charge on any atom is 0.265 e. The molecule has 0 saturated heterocycles. The van der Waals surface area contributed by atoms with Crippen molar-refractivity contribution in [2.24, 2.45) is 0 Å². The van der Waals surface area contributed by atoms with Gasteiger partial charge in [-0.3, -0.25) is 14.1 Å². The lowest BCUT2D eigenvalue weighted by atomic mass is 10.2. The Balaban J connectivity index is 1.78. The first-order chi connectivity index (χ1) is 12.3. The summed E-state index contributed by atoms with van der Waals surface area (Å²) >= 11 is 12.0. The van der Waals surface area contributed by atoms with Crippen LogP contribution in [0.5, 0.6) is 0 Å². The summed E-state index contributed by atoms with van der Waals surface area (Å²) in [5.41, 5.74) is 1.63. The summed E-state index contributed by atoms with van der Waals surface area (Å²) in [4.78, 5) is 0.146. The molecule has 10 heteroatoms. The Morgan fingerprint density at radius 2 is 1.96 bits per heavy atom. The van der Waals surface area contributed by atoms with E-state index in [1.54, 1.807) is 40.7 Å². The largest absolute Gasteiger partial charge is 0.276 e. The van der Waals surface area contributed by atoms with Gasteiger partial charge in [0.05, 0.1) is 24.1 Å². The number of aromatic nitrogens is 4. The van der Waals surface area contributed by atoms with E-state index in [1.165, 1.54) is 12.4 Å². The first-order valence-corrected chi connectivity index (χ1v) is 10.1. The van der Waals surface area contributed by atoms with Gasteiger partial charge in [-0.05, 0) is 31.5 Å². The molecule has 1 aromatic carbocycles. The molecule has 2 heterocycles. The fourth-order valence-electron chi connectivity index (χ4n) is 2.46. The van der Waals surface area contributed by atoms with Gasteiger partial charge in [-0.2, -0.15) is 10.2 Å². The molecule has 2 aromatic heterocycles. The van der Waals surface area contributed by atoms with Crippen LogP contribution in [0.1, 0.15) is 18.2 Å². The average molecular weight is 414 g/mol. The molecule has 0 saturated carbocycles. The number of benzene rings is 1. The van der Waals surface area contributed by atoms with Crippen LogP contribution in [0.25, 0.3) is 0 Å². The first kappa shape index (κ1) is 18.8. The third-order valence-electron chi connectivity index (χ3n) is 3.75. The monoisotopic (exact) mass is 413 g/mol. The molecule has 0 aliphatic rings. The quantitative estimate of drug-likeness (QED) is 0.669. The molecule has 138 valence electrons. The van der Waals surface area contributed by atoms with Gasteiger partial charge in [0.1, 0.15) is 4.90 Å². The summed E-state index contributed by atoms with van der Waals surface area (Å²) in [5, 5.41) is 9.42. The highest BCUT2D eigenvalue weighted by Crippen LogP contribution is 2.23. The molecule has 3 rings (SSSR count). The molecule has 0 bridgehead atoms. The molecule has 3 aromatic rings. The fraction of sp³-hybridized carbons (Fsp3) is 0.250. The van der Waals surface area contributed by atoms with Crippen molar-refractivity contribution < 1.29 is 8.42 Å². The molecule has 26 heavy (non-hydrogen) atoms. The van der Waals surface area contributed by atoms with Gasteiger partial charge in [0.15, 0.2) is 0 Å². The van der Waals surface area contributed by atoms with Crippen molar-refractivity contribution in [1.82, 2.24) is 19.6 Å². The lowest BCUT2D eigenvalue weighted by molar-refractivity contribution is 0.600. The summed E-state index contributed by atoms with van der Waals surface area (Å²) in [6.45, 7) is 4.54. The standard InChI is InChI=1S/C16H17Cl2N5O2S/c1-3-22-10-16(11(2)20-22)26(24,25)21-14-7-19-23(9-14)8-12-4-5-13(17)6-15(12)18/h4-7,9-10,21H,3,8H2,1-2H3. The predicted octanol–water partition coefficient (Wildman–Crippen LogP) is 3.56. The minimum absolute atomic E-state index is 0.146. The van der Waals surface area contributed by atoms with Crippen molar-refractivity contribution >= 4 is 38.9 Å². The average Bonchev–Trinajstić information content (AvgIpc) is 3.16. The summed E-state index contributed by atoms with van der Waals surface area (Å²) < 4.78 is 30.8. The van der Waals surface area contributed by atoms with E-state index in [2.05, 4.69) is 14.9 Å². The molecule has 0 aliphatic heterocycles. The summed E-state index contributed by atoms with van der Waals surface area (Å²) in [6.07, 6.45) is 4.55. The summed E-state index contributed by atoms with van der Waals surface area (Å²) in [5.74, 6) is 0. The van der Waals surface area contributed by atoms with E-state index in [0.29, 0.717) is 34.5 Å². The van der Waals surface area contributed by atoms with Crippen molar-refractivity contribution in [2.45, 2.75) is 31.8 Å². The zero-order valence-corrected chi connectivity index (χ0v) is 16.5. The van der Waals surface area contributed by atoms with Crippen LogP contribution in [-0.4, -0.2) is 28.0 Å². The minimum atomic E-state index is -3.74. The Hall–Kier alpha value is -2.03. The van der Waals surface area contributed by atoms with Crippen molar-refractivity contribution in [1.29, 1.82) is 0 Å². The molecule has 0 fully saturated rings. The van der Waals surface area contributed by atoms with Crippen LogP contribution < -0.4 is 4.72 Å². The van der Waals surface area contributed by atoms with Gasteiger partial charge >= 0.3 is 0 Å². The van der Waals surface area contributed by atoms with Crippen LogP contribution in [0.3, 0.4) is 0 Å². The van der Waals surface area contributed by atoms with Crippen molar-refractivity contribution in [3.8, 4) is 0 Å². The summed E-state index contributed by atoms with van der Waals surface area (Å²) in [7, 11) is -3.74. The van der Waals surface area contributed by atoms with Gasteiger partial charge in [0, 0.05) is 29.0 Å². The number of hydrogen-bond acceptors (Lipinski definition) is 4. The van der Waals surface area contributed by atoms with E-state index in [9.17, 15) is 8.42 Å². The summed E-state index contributed by atoms with van der Waals surface area (Å²) in [6, 6.07) is 5.20. The molecule has 0 unspecified atom stereocenters. The number of nitrogens with one attached hydrogen (secondary N) is 1. The Kier molecular flexibility index (Phi) is 5.27. The van der Waals surface area contributed by atoms with Gasteiger partial charge in [-0.15, -0.1) is 0 Å². The molecule has 1 N–H and O–H groups in total. The van der Waals surface area contributed by atoms with E-state index < -0.39 is 10.0 Å². The van der Waals surface area contributed by atoms with Crippen LogP contribution in [0, 0.1) is 6.92 Å². The number of halogens is 2. The molecule has 7 nitrogen and oxygen atoms in total. The van der Waals surface area contributed by atoms with E-state index in [1.807, 2.05) is 6.92 Å². The van der Waals surface area contributed by atoms with E-state index >= 15 is 0 Å². The molecule has 0 spiro atoms. The van der Waals surface area contributed by atoms with Gasteiger partial charge in [0.25, 0.3) is 10.0 Å². The number of sulfonamides is 1. The molecule has 0 atom stereocenters. The normalized spacial score (nSPS) is 11.7. The molecule has 0 amide bonds. The van der Waals surface area contributed by atoms with Crippen molar-refractivity contribution in [3.05, 3.63) is 58.1 Å². The zero-order chi connectivity index (χ0) is 18.9. The predicted molar refractivity (Wildman–Crippen MR) is 101 cm³/mol. The Labute approximate surface area is 161 Å². The number of rotatable bonds is 6.